The number of carboxylic acid groups (broad SMARTS) is 1. The third-order valence-electron chi connectivity index (χ3n) is 2.26. The summed E-state index contributed by atoms with van der Waals surface area (Å²) in [5.74, 6) is 0.248. The second kappa shape index (κ2) is 6.30. The standard InChI is InChI=1S/C14H12N2O3/c17-14(18)6-5-11-3-1-4-12(9-11)19-10-13-15-7-2-8-16-13/h1-9H,10H2,(H,17,18)/b6-5+. The quantitative estimate of drug-likeness (QED) is 0.830. The molecule has 5 nitrogen and oxygen atoms in total. The van der Waals surface area contributed by atoms with Crippen molar-refractivity contribution < 1.29 is 14.6 Å². The number of rotatable bonds is 5. The number of aromatic nitrogens is 2. The molecule has 0 aliphatic carbocycles. The summed E-state index contributed by atoms with van der Waals surface area (Å²) in [7, 11) is 0. The van der Waals surface area contributed by atoms with Crippen LogP contribution in [0.3, 0.4) is 0 Å². The highest BCUT2D eigenvalue weighted by Gasteiger charge is 1.98. The van der Waals surface area contributed by atoms with Crippen molar-refractivity contribution in [1.82, 2.24) is 9.97 Å². The molecule has 0 unspecified atom stereocenters. The highest BCUT2D eigenvalue weighted by Crippen LogP contribution is 2.15. The summed E-state index contributed by atoms with van der Waals surface area (Å²) in [6.45, 7) is 0.271. The topological polar surface area (TPSA) is 72.3 Å². The summed E-state index contributed by atoms with van der Waals surface area (Å²) in [6.07, 6.45) is 5.89. The van der Waals surface area contributed by atoms with E-state index in [0.29, 0.717) is 11.6 Å². The summed E-state index contributed by atoms with van der Waals surface area (Å²) >= 11 is 0. The van der Waals surface area contributed by atoms with Crippen LogP contribution in [-0.4, -0.2) is 21.0 Å². The largest absolute Gasteiger partial charge is 0.486 e. The summed E-state index contributed by atoms with van der Waals surface area (Å²) in [4.78, 5) is 18.5. The van der Waals surface area contributed by atoms with E-state index >= 15 is 0 Å². The first-order chi connectivity index (χ1) is 9.24. The predicted octanol–water partition coefficient (Wildman–Crippen LogP) is 2.15. The molecule has 0 aliphatic rings. The van der Waals surface area contributed by atoms with Crippen molar-refractivity contribution in [2.24, 2.45) is 0 Å². The molecular formula is C14H12N2O3. The number of hydrogen-bond donors (Lipinski definition) is 1. The van der Waals surface area contributed by atoms with Crippen molar-refractivity contribution in [3.05, 3.63) is 60.2 Å². The molecule has 2 aromatic rings. The van der Waals surface area contributed by atoms with E-state index in [9.17, 15) is 4.79 Å². The van der Waals surface area contributed by atoms with Gasteiger partial charge in [-0.2, -0.15) is 0 Å². The zero-order valence-corrected chi connectivity index (χ0v) is 10.1. The average Bonchev–Trinajstić information content (AvgIpc) is 2.44. The Morgan fingerprint density at radius 2 is 2.05 bits per heavy atom. The molecule has 1 aromatic carbocycles. The highest BCUT2D eigenvalue weighted by molar-refractivity contribution is 5.85. The maximum Gasteiger partial charge on any atom is 0.328 e. The Morgan fingerprint density at radius 3 is 2.79 bits per heavy atom. The molecule has 1 aromatic heterocycles. The first-order valence-corrected chi connectivity index (χ1v) is 5.64. The van der Waals surface area contributed by atoms with Gasteiger partial charge in [-0.1, -0.05) is 12.1 Å². The van der Waals surface area contributed by atoms with Crippen molar-refractivity contribution in [3.8, 4) is 5.75 Å². The van der Waals surface area contributed by atoms with Gasteiger partial charge in [-0.05, 0) is 29.8 Å². The van der Waals surface area contributed by atoms with Crippen LogP contribution in [0.15, 0.2) is 48.8 Å². The van der Waals surface area contributed by atoms with Gasteiger partial charge in [-0.3, -0.25) is 0 Å². The van der Waals surface area contributed by atoms with Gasteiger partial charge in [0, 0.05) is 18.5 Å². The van der Waals surface area contributed by atoms with Crippen LogP contribution in [-0.2, 0) is 11.4 Å². The normalized spacial score (nSPS) is 10.5. The monoisotopic (exact) mass is 256 g/mol. The number of carboxylic acids is 1. The Hall–Kier alpha value is -2.69. The minimum atomic E-state index is -0.982. The van der Waals surface area contributed by atoms with Gasteiger partial charge >= 0.3 is 5.97 Å². The molecule has 0 atom stereocenters. The van der Waals surface area contributed by atoms with Crippen molar-refractivity contribution in [2.75, 3.05) is 0 Å². The Bertz CT molecular complexity index is 582. The first kappa shape index (κ1) is 12.8. The fourth-order valence-corrected chi connectivity index (χ4v) is 1.43. The van der Waals surface area contributed by atoms with Gasteiger partial charge in [0.15, 0.2) is 5.82 Å². The maximum absolute atomic E-state index is 10.4. The number of nitrogens with zero attached hydrogens (tertiary/aromatic N) is 2. The molecule has 0 fully saturated rings. The van der Waals surface area contributed by atoms with Crippen LogP contribution in [0.25, 0.3) is 6.08 Å². The van der Waals surface area contributed by atoms with Crippen LogP contribution in [0.1, 0.15) is 11.4 Å². The van der Waals surface area contributed by atoms with Gasteiger partial charge < -0.3 is 9.84 Å². The van der Waals surface area contributed by atoms with Gasteiger partial charge in [-0.15, -0.1) is 0 Å². The third-order valence-corrected chi connectivity index (χ3v) is 2.26. The predicted molar refractivity (Wildman–Crippen MR) is 69.5 cm³/mol. The van der Waals surface area contributed by atoms with Gasteiger partial charge in [0.2, 0.25) is 0 Å². The van der Waals surface area contributed by atoms with Crippen molar-refractivity contribution in [1.29, 1.82) is 0 Å². The number of hydrogen-bond acceptors (Lipinski definition) is 4. The van der Waals surface area contributed by atoms with E-state index in [1.54, 1.807) is 42.7 Å². The zero-order valence-electron chi connectivity index (χ0n) is 10.1. The summed E-state index contributed by atoms with van der Waals surface area (Å²) < 4.78 is 5.53. The fourth-order valence-electron chi connectivity index (χ4n) is 1.43. The maximum atomic E-state index is 10.4. The molecule has 2 rings (SSSR count). The molecular weight excluding hydrogens is 244 g/mol. The van der Waals surface area contributed by atoms with Gasteiger partial charge in [0.1, 0.15) is 12.4 Å². The molecule has 0 spiro atoms. The molecule has 96 valence electrons. The molecule has 0 bridgehead atoms. The van der Waals surface area contributed by atoms with E-state index in [4.69, 9.17) is 9.84 Å². The minimum absolute atomic E-state index is 0.271. The number of benzene rings is 1. The zero-order chi connectivity index (χ0) is 13.5. The molecule has 0 saturated heterocycles. The molecule has 0 radical (unpaired) electrons. The van der Waals surface area contributed by atoms with Crippen LogP contribution in [0.2, 0.25) is 0 Å². The van der Waals surface area contributed by atoms with Crippen molar-refractivity contribution >= 4 is 12.0 Å². The van der Waals surface area contributed by atoms with E-state index in [0.717, 1.165) is 11.6 Å². The molecule has 0 amide bonds. The SMILES string of the molecule is O=C(O)/C=C/c1cccc(OCc2ncccn2)c1. The Labute approximate surface area is 110 Å². The molecule has 19 heavy (non-hydrogen) atoms. The van der Waals surface area contributed by atoms with Crippen LogP contribution < -0.4 is 4.74 Å². The summed E-state index contributed by atoms with van der Waals surface area (Å²) in [5.41, 5.74) is 0.758. The average molecular weight is 256 g/mol. The first-order valence-electron chi connectivity index (χ1n) is 5.64. The fraction of sp³-hybridized carbons (Fsp3) is 0.0714. The second-order valence-electron chi connectivity index (χ2n) is 3.70. The van der Waals surface area contributed by atoms with Crippen LogP contribution in [0, 0.1) is 0 Å². The highest BCUT2D eigenvalue weighted by atomic mass is 16.5. The summed E-state index contributed by atoms with van der Waals surface area (Å²) in [6, 6.07) is 8.87. The van der Waals surface area contributed by atoms with E-state index < -0.39 is 5.97 Å². The molecule has 0 aliphatic heterocycles. The van der Waals surface area contributed by atoms with Gasteiger partial charge in [0.25, 0.3) is 0 Å². The van der Waals surface area contributed by atoms with Gasteiger partial charge in [-0.25, -0.2) is 14.8 Å². The van der Waals surface area contributed by atoms with Crippen molar-refractivity contribution in [2.45, 2.75) is 6.61 Å². The third kappa shape index (κ3) is 4.23. The minimum Gasteiger partial charge on any atom is -0.486 e. The number of aliphatic carboxylic acids is 1. The Morgan fingerprint density at radius 1 is 1.26 bits per heavy atom. The van der Waals surface area contributed by atoms with Crippen LogP contribution in [0.5, 0.6) is 5.75 Å². The number of carbonyl (C=O) groups is 1. The lowest BCUT2D eigenvalue weighted by molar-refractivity contribution is -0.131. The van der Waals surface area contributed by atoms with E-state index in [1.165, 1.54) is 6.08 Å². The van der Waals surface area contributed by atoms with E-state index in [1.807, 2.05) is 0 Å². The van der Waals surface area contributed by atoms with E-state index in [-0.39, 0.29) is 6.61 Å². The molecule has 5 heteroatoms. The molecule has 0 saturated carbocycles. The second-order valence-corrected chi connectivity index (χ2v) is 3.70. The molecule has 1 heterocycles. The van der Waals surface area contributed by atoms with E-state index in [2.05, 4.69) is 9.97 Å². The lowest BCUT2D eigenvalue weighted by atomic mass is 10.2. The Kier molecular flexibility index (Phi) is 4.23. The number of ether oxygens (including phenoxy) is 1. The lowest BCUT2D eigenvalue weighted by Gasteiger charge is -2.05. The summed E-state index contributed by atoms with van der Waals surface area (Å²) in [5, 5.41) is 8.56. The Balaban J connectivity index is 2.01. The molecule has 1 N–H and O–H groups in total. The smallest absolute Gasteiger partial charge is 0.328 e. The van der Waals surface area contributed by atoms with Crippen LogP contribution in [0.4, 0.5) is 0 Å². The van der Waals surface area contributed by atoms with Crippen molar-refractivity contribution in [3.63, 3.8) is 0 Å². The lowest BCUT2D eigenvalue weighted by Crippen LogP contribution is -2.00. The van der Waals surface area contributed by atoms with Gasteiger partial charge in [0.05, 0.1) is 0 Å². The van der Waals surface area contributed by atoms with Crippen LogP contribution >= 0.6 is 0 Å².